The Bertz CT molecular complexity index is 1090. The van der Waals surface area contributed by atoms with Gasteiger partial charge in [-0.1, -0.05) is 84.9 Å². The maximum absolute atomic E-state index is 13.9. The van der Waals surface area contributed by atoms with Gasteiger partial charge in [-0.3, -0.25) is 0 Å². The summed E-state index contributed by atoms with van der Waals surface area (Å²) >= 11 is 0. The number of rotatable bonds is 6. The lowest BCUT2D eigenvalue weighted by atomic mass is 9.98. The van der Waals surface area contributed by atoms with Gasteiger partial charge in [0.05, 0.1) is 12.1 Å². The fourth-order valence-electron chi connectivity index (χ4n) is 3.69. The Balaban J connectivity index is 1.63. The number of benzene rings is 4. The molecule has 5 heteroatoms. The molecule has 2 atom stereocenters. The summed E-state index contributed by atoms with van der Waals surface area (Å²) in [6.45, 7) is 0. The zero-order chi connectivity index (χ0) is 22.3. The molecule has 0 saturated heterocycles. The molecule has 2 amide bonds. The Morgan fingerprint density at radius 1 is 0.531 bits per heavy atom. The van der Waals surface area contributed by atoms with E-state index in [1.54, 1.807) is 24.3 Å². The van der Waals surface area contributed by atoms with Crippen LogP contribution in [0.4, 0.5) is 13.6 Å². The van der Waals surface area contributed by atoms with Crippen molar-refractivity contribution in [2.24, 2.45) is 0 Å². The minimum atomic E-state index is -0.559. The van der Waals surface area contributed by atoms with Crippen molar-refractivity contribution in [2.75, 3.05) is 0 Å². The second kappa shape index (κ2) is 9.88. The van der Waals surface area contributed by atoms with Crippen LogP contribution in [-0.4, -0.2) is 6.03 Å². The minimum absolute atomic E-state index is 0.382. The number of hydrogen-bond acceptors (Lipinski definition) is 1. The molecule has 0 aliphatic carbocycles. The summed E-state index contributed by atoms with van der Waals surface area (Å²) in [7, 11) is 0. The normalized spacial score (nSPS) is 12.6. The van der Waals surface area contributed by atoms with E-state index in [0.717, 1.165) is 11.1 Å². The molecule has 4 aromatic carbocycles. The van der Waals surface area contributed by atoms with E-state index in [0.29, 0.717) is 11.1 Å². The van der Waals surface area contributed by atoms with Gasteiger partial charge in [-0.25, -0.2) is 13.6 Å². The molecule has 0 fully saturated rings. The van der Waals surface area contributed by atoms with Crippen molar-refractivity contribution in [3.05, 3.63) is 143 Å². The van der Waals surface area contributed by atoms with Gasteiger partial charge in [0.25, 0.3) is 0 Å². The van der Waals surface area contributed by atoms with Crippen molar-refractivity contribution >= 4 is 6.03 Å². The van der Waals surface area contributed by atoms with Crippen LogP contribution < -0.4 is 10.6 Å². The Labute approximate surface area is 185 Å². The quantitative estimate of drug-likeness (QED) is 0.380. The van der Waals surface area contributed by atoms with E-state index in [4.69, 9.17) is 0 Å². The lowest BCUT2D eigenvalue weighted by Gasteiger charge is -2.24. The SMILES string of the molecule is O=C(N[C@H](c1ccccc1)c1cccc(F)c1)N[C@H](c1ccccc1)c1cccc(F)c1. The fraction of sp³-hybridized carbons (Fsp3) is 0.0741. The van der Waals surface area contributed by atoms with Crippen LogP contribution in [0.3, 0.4) is 0 Å². The van der Waals surface area contributed by atoms with E-state index in [2.05, 4.69) is 10.6 Å². The Morgan fingerprint density at radius 3 is 1.28 bits per heavy atom. The molecule has 0 aliphatic rings. The Kier molecular flexibility index (Phi) is 6.56. The maximum Gasteiger partial charge on any atom is 0.316 e. The summed E-state index contributed by atoms with van der Waals surface area (Å²) in [6, 6.07) is 29.4. The van der Waals surface area contributed by atoms with Crippen LogP contribution in [-0.2, 0) is 0 Å². The van der Waals surface area contributed by atoms with Crippen LogP contribution in [0.15, 0.2) is 109 Å². The summed E-state index contributed by atoms with van der Waals surface area (Å²) in [5.74, 6) is -0.764. The molecular formula is C27H22F2N2O. The Hall–Kier alpha value is -3.99. The molecule has 0 aliphatic heterocycles. The van der Waals surface area contributed by atoms with Crippen molar-refractivity contribution in [1.29, 1.82) is 0 Å². The summed E-state index contributed by atoms with van der Waals surface area (Å²) in [6.07, 6.45) is 0. The fourth-order valence-corrected chi connectivity index (χ4v) is 3.69. The highest BCUT2D eigenvalue weighted by molar-refractivity contribution is 5.76. The lowest BCUT2D eigenvalue weighted by Crippen LogP contribution is -2.40. The van der Waals surface area contributed by atoms with Gasteiger partial charge in [-0.05, 0) is 46.5 Å². The maximum atomic E-state index is 13.9. The lowest BCUT2D eigenvalue weighted by molar-refractivity contribution is 0.236. The van der Waals surface area contributed by atoms with Crippen LogP contribution in [0.25, 0.3) is 0 Å². The van der Waals surface area contributed by atoms with Crippen molar-refractivity contribution in [3.8, 4) is 0 Å². The number of carbonyl (C=O) groups excluding carboxylic acids is 1. The first-order valence-electron chi connectivity index (χ1n) is 10.3. The largest absolute Gasteiger partial charge is 0.327 e. The topological polar surface area (TPSA) is 41.1 Å². The summed E-state index contributed by atoms with van der Waals surface area (Å²) in [4.78, 5) is 13.1. The molecule has 0 aromatic heterocycles. The van der Waals surface area contributed by atoms with Gasteiger partial charge < -0.3 is 10.6 Å². The highest BCUT2D eigenvalue weighted by Gasteiger charge is 2.21. The van der Waals surface area contributed by atoms with Gasteiger partial charge in [0.1, 0.15) is 11.6 Å². The molecule has 0 bridgehead atoms. The number of amides is 2. The van der Waals surface area contributed by atoms with E-state index in [-0.39, 0.29) is 11.6 Å². The third-order valence-corrected chi connectivity index (χ3v) is 5.18. The summed E-state index contributed by atoms with van der Waals surface area (Å²) in [5.41, 5.74) is 2.87. The number of hydrogen-bond donors (Lipinski definition) is 2. The van der Waals surface area contributed by atoms with Crippen LogP contribution >= 0.6 is 0 Å². The van der Waals surface area contributed by atoms with E-state index in [9.17, 15) is 13.6 Å². The summed E-state index contributed by atoms with van der Waals surface area (Å²) < 4.78 is 27.8. The van der Waals surface area contributed by atoms with Crippen molar-refractivity contribution in [1.82, 2.24) is 10.6 Å². The van der Waals surface area contributed by atoms with Gasteiger partial charge in [-0.15, -0.1) is 0 Å². The molecule has 4 aromatic rings. The number of nitrogens with one attached hydrogen (secondary N) is 2. The van der Waals surface area contributed by atoms with Gasteiger partial charge in [0.2, 0.25) is 0 Å². The molecule has 0 heterocycles. The predicted molar refractivity (Wildman–Crippen MR) is 121 cm³/mol. The first-order valence-corrected chi connectivity index (χ1v) is 10.3. The standard InChI is InChI=1S/C27H22F2N2O/c28-23-15-7-13-21(17-23)25(19-9-3-1-4-10-19)30-27(32)31-26(20-11-5-2-6-12-20)22-14-8-16-24(29)18-22/h1-18,25-26H,(H2,30,31,32)/t25-,26-/m1/s1. The molecule has 2 N–H and O–H groups in total. The average Bonchev–Trinajstić information content (AvgIpc) is 2.82. The zero-order valence-electron chi connectivity index (χ0n) is 17.2. The van der Waals surface area contributed by atoms with Crippen molar-refractivity contribution < 1.29 is 13.6 Å². The third kappa shape index (κ3) is 5.19. The van der Waals surface area contributed by atoms with Crippen LogP contribution in [0.5, 0.6) is 0 Å². The molecule has 0 spiro atoms. The first-order chi connectivity index (χ1) is 15.6. The first kappa shape index (κ1) is 21.2. The number of carbonyl (C=O) groups is 1. The second-order valence-corrected chi connectivity index (χ2v) is 7.42. The molecule has 32 heavy (non-hydrogen) atoms. The smallest absolute Gasteiger partial charge is 0.316 e. The molecule has 3 nitrogen and oxygen atoms in total. The van der Waals surface area contributed by atoms with Crippen LogP contribution in [0.2, 0.25) is 0 Å². The van der Waals surface area contributed by atoms with Crippen LogP contribution in [0.1, 0.15) is 34.3 Å². The monoisotopic (exact) mass is 428 g/mol. The van der Waals surface area contributed by atoms with Crippen LogP contribution in [0, 0.1) is 11.6 Å². The average molecular weight is 428 g/mol. The van der Waals surface area contributed by atoms with E-state index in [1.165, 1.54) is 24.3 Å². The molecule has 0 radical (unpaired) electrons. The predicted octanol–water partition coefficient (Wildman–Crippen LogP) is 6.14. The molecule has 0 unspecified atom stereocenters. The number of halogens is 2. The van der Waals surface area contributed by atoms with Gasteiger partial charge in [0.15, 0.2) is 0 Å². The highest BCUT2D eigenvalue weighted by Crippen LogP contribution is 2.25. The summed E-state index contributed by atoms with van der Waals surface area (Å²) in [5, 5.41) is 5.90. The van der Waals surface area contributed by atoms with Gasteiger partial charge >= 0.3 is 6.03 Å². The van der Waals surface area contributed by atoms with E-state index < -0.39 is 18.1 Å². The van der Waals surface area contributed by atoms with Gasteiger partial charge in [0, 0.05) is 0 Å². The van der Waals surface area contributed by atoms with E-state index in [1.807, 2.05) is 60.7 Å². The van der Waals surface area contributed by atoms with Crippen molar-refractivity contribution in [2.45, 2.75) is 12.1 Å². The highest BCUT2D eigenvalue weighted by atomic mass is 19.1. The molecule has 0 saturated carbocycles. The van der Waals surface area contributed by atoms with E-state index >= 15 is 0 Å². The van der Waals surface area contributed by atoms with Crippen molar-refractivity contribution in [3.63, 3.8) is 0 Å². The molecule has 4 rings (SSSR count). The van der Waals surface area contributed by atoms with Gasteiger partial charge in [-0.2, -0.15) is 0 Å². The zero-order valence-corrected chi connectivity index (χ0v) is 17.2. The minimum Gasteiger partial charge on any atom is -0.327 e. The molecule has 160 valence electrons. The number of urea groups is 1. The molecular weight excluding hydrogens is 406 g/mol. The third-order valence-electron chi connectivity index (χ3n) is 5.18. The second-order valence-electron chi connectivity index (χ2n) is 7.42. The Morgan fingerprint density at radius 2 is 0.906 bits per heavy atom.